The number of carbonyl (C=O) groups excluding carboxylic acids is 1. The van der Waals surface area contributed by atoms with Crippen LogP contribution in [-0.2, 0) is 17.9 Å². The lowest BCUT2D eigenvalue weighted by molar-refractivity contribution is -0.121. The maximum atomic E-state index is 14.1. The molecule has 0 fully saturated rings. The van der Waals surface area contributed by atoms with Gasteiger partial charge in [-0.3, -0.25) is 14.2 Å². The molecule has 0 saturated heterocycles. The van der Waals surface area contributed by atoms with Gasteiger partial charge in [0.25, 0.3) is 5.56 Å². The van der Waals surface area contributed by atoms with Crippen LogP contribution in [0.25, 0.3) is 20.3 Å². The predicted molar refractivity (Wildman–Crippen MR) is 106 cm³/mol. The molecule has 0 bridgehead atoms. The van der Waals surface area contributed by atoms with Crippen molar-refractivity contribution in [1.29, 1.82) is 0 Å². The van der Waals surface area contributed by atoms with E-state index in [-0.39, 0.29) is 31.3 Å². The highest BCUT2D eigenvalue weighted by atomic mass is 32.1. The minimum atomic E-state index is -0.417. The summed E-state index contributed by atoms with van der Waals surface area (Å²) in [6, 6.07) is 10.1. The molecule has 4 aromatic rings. The molecule has 9 heteroatoms. The Morgan fingerprint density at radius 2 is 2.10 bits per heavy atom. The number of thiophene rings is 1. The van der Waals surface area contributed by atoms with Gasteiger partial charge < -0.3 is 14.8 Å². The average Bonchev–Trinajstić information content (AvgIpc) is 3.33. The van der Waals surface area contributed by atoms with Crippen molar-refractivity contribution in [2.45, 2.75) is 13.1 Å². The van der Waals surface area contributed by atoms with Crippen LogP contribution in [0.2, 0.25) is 0 Å². The number of nitrogens with zero attached hydrogens (tertiary/aromatic N) is 2. The SMILES string of the molecule is O=C(Cn1cnc2c(sc3cccc(F)c32)c1=O)NCc1ccc2c(c1)OCO2. The summed E-state index contributed by atoms with van der Waals surface area (Å²) in [6.07, 6.45) is 1.28. The van der Waals surface area contributed by atoms with E-state index in [4.69, 9.17) is 9.47 Å². The van der Waals surface area contributed by atoms with Crippen molar-refractivity contribution in [3.8, 4) is 11.5 Å². The molecule has 0 unspecified atom stereocenters. The van der Waals surface area contributed by atoms with Crippen molar-refractivity contribution in [1.82, 2.24) is 14.9 Å². The van der Waals surface area contributed by atoms with Crippen molar-refractivity contribution < 1.29 is 18.7 Å². The number of nitrogens with one attached hydrogen (secondary N) is 1. The highest BCUT2D eigenvalue weighted by molar-refractivity contribution is 7.25. The fourth-order valence-corrected chi connectivity index (χ4v) is 4.36. The standard InChI is InChI=1S/C20H14FN3O4S/c21-12-2-1-3-15-17(12)18-19(29-15)20(26)24(9-23-18)8-16(25)22-7-11-4-5-13-14(6-11)28-10-27-13/h1-6,9H,7-8,10H2,(H,22,25). The number of hydrogen-bond acceptors (Lipinski definition) is 6. The number of carbonyl (C=O) groups is 1. The van der Waals surface area contributed by atoms with Crippen molar-refractivity contribution in [3.05, 3.63) is 64.5 Å². The van der Waals surface area contributed by atoms with E-state index in [1.165, 1.54) is 28.3 Å². The zero-order valence-corrected chi connectivity index (χ0v) is 15.8. The second kappa shape index (κ2) is 6.85. The Hall–Kier alpha value is -3.46. The van der Waals surface area contributed by atoms with Crippen LogP contribution in [0.3, 0.4) is 0 Å². The molecule has 146 valence electrons. The summed E-state index contributed by atoms with van der Waals surface area (Å²) in [5, 5.41) is 3.11. The largest absolute Gasteiger partial charge is 0.454 e. The van der Waals surface area contributed by atoms with Crippen LogP contribution in [0.5, 0.6) is 11.5 Å². The molecule has 0 saturated carbocycles. The maximum Gasteiger partial charge on any atom is 0.271 e. The number of amides is 1. The summed E-state index contributed by atoms with van der Waals surface area (Å²) in [5.74, 6) is 0.559. The number of hydrogen-bond donors (Lipinski definition) is 1. The van der Waals surface area contributed by atoms with Crippen LogP contribution in [0.15, 0.2) is 47.5 Å². The third-order valence-electron chi connectivity index (χ3n) is 4.66. The Morgan fingerprint density at radius 1 is 1.24 bits per heavy atom. The molecule has 0 spiro atoms. The Labute approximate surface area is 167 Å². The average molecular weight is 411 g/mol. The quantitative estimate of drug-likeness (QED) is 0.558. The summed E-state index contributed by atoms with van der Waals surface area (Å²) in [6.45, 7) is 0.294. The van der Waals surface area contributed by atoms with Gasteiger partial charge in [-0.1, -0.05) is 12.1 Å². The molecule has 2 aromatic heterocycles. The summed E-state index contributed by atoms with van der Waals surface area (Å²) in [7, 11) is 0. The Bertz CT molecular complexity index is 1330. The fraction of sp³-hybridized carbons (Fsp3) is 0.150. The minimum absolute atomic E-state index is 0.178. The molecule has 0 aliphatic carbocycles. The number of benzene rings is 2. The van der Waals surface area contributed by atoms with Crippen molar-refractivity contribution in [3.63, 3.8) is 0 Å². The Morgan fingerprint density at radius 3 is 3.00 bits per heavy atom. The van der Waals surface area contributed by atoms with E-state index in [0.717, 1.165) is 5.56 Å². The molecule has 1 amide bonds. The summed E-state index contributed by atoms with van der Waals surface area (Å²) >= 11 is 1.17. The molecule has 1 aliphatic rings. The van der Waals surface area contributed by atoms with Gasteiger partial charge in [-0.2, -0.15) is 0 Å². The lowest BCUT2D eigenvalue weighted by atomic mass is 10.2. The van der Waals surface area contributed by atoms with Gasteiger partial charge in [-0.05, 0) is 29.8 Å². The minimum Gasteiger partial charge on any atom is -0.454 e. The van der Waals surface area contributed by atoms with E-state index in [1.54, 1.807) is 24.3 Å². The third-order valence-corrected chi connectivity index (χ3v) is 5.79. The zero-order chi connectivity index (χ0) is 20.0. The summed E-state index contributed by atoms with van der Waals surface area (Å²) < 4.78 is 26.9. The number of aromatic nitrogens is 2. The van der Waals surface area contributed by atoms with E-state index in [1.807, 2.05) is 6.07 Å². The van der Waals surface area contributed by atoms with E-state index >= 15 is 0 Å². The second-order valence-electron chi connectivity index (χ2n) is 6.53. The molecule has 1 aliphatic heterocycles. The first kappa shape index (κ1) is 17.6. The van der Waals surface area contributed by atoms with Crippen LogP contribution < -0.4 is 20.3 Å². The van der Waals surface area contributed by atoms with Crippen molar-refractivity contribution in [2.75, 3.05) is 6.79 Å². The van der Waals surface area contributed by atoms with Crippen LogP contribution >= 0.6 is 11.3 Å². The van der Waals surface area contributed by atoms with Crippen molar-refractivity contribution >= 4 is 37.5 Å². The van der Waals surface area contributed by atoms with Gasteiger partial charge >= 0.3 is 0 Å². The van der Waals surface area contributed by atoms with E-state index in [9.17, 15) is 14.0 Å². The molecule has 3 heterocycles. The van der Waals surface area contributed by atoms with E-state index in [2.05, 4.69) is 10.3 Å². The van der Waals surface area contributed by atoms with Crippen LogP contribution in [0.4, 0.5) is 4.39 Å². The normalized spacial score (nSPS) is 12.6. The maximum absolute atomic E-state index is 14.1. The molecule has 1 N–H and O–H groups in total. The predicted octanol–water partition coefficient (Wildman–Crippen LogP) is 2.80. The molecule has 2 aromatic carbocycles. The third kappa shape index (κ3) is 3.09. The number of ether oxygens (including phenoxy) is 2. The monoisotopic (exact) mass is 411 g/mol. The molecular formula is C20H14FN3O4S. The molecule has 0 radical (unpaired) electrons. The summed E-state index contributed by atoms with van der Waals surface area (Å²) in [5.41, 5.74) is 0.808. The van der Waals surface area contributed by atoms with Gasteiger partial charge in [0.2, 0.25) is 12.7 Å². The van der Waals surface area contributed by atoms with Crippen LogP contribution in [0.1, 0.15) is 5.56 Å². The number of halogens is 1. The summed E-state index contributed by atoms with van der Waals surface area (Å²) in [4.78, 5) is 29.3. The van der Waals surface area contributed by atoms with Crippen LogP contribution in [-0.4, -0.2) is 22.3 Å². The van der Waals surface area contributed by atoms with Gasteiger partial charge in [0.05, 0.1) is 17.2 Å². The van der Waals surface area contributed by atoms with Gasteiger partial charge in [-0.15, -0.1) is 11.3 Å². The first-order valence-electron chi connectivity index (χ1n) is 8.81. The Balaban J connectivity index is 1.35. The second-order valence-corrected chi connectivity index (χ2v) is 7.59. The van der Waals surface area contributed by atoms with Gasteiger partial charge in [0, 0.05) is 11.2 Å². The zero-order valence-electron chi connectivity index (χ0n) is 15.0. The molecule has 29 heavy (non-hydrogen) atoms. The Kier molecular flexibility index (Phi) is 4.17. The van der Waals surface area contributed by atoms with Crippen molar-refractivity contribution in [2.24, 2.45) is 0 Å². The lowest BCUT2D eigenvalue weighted by Crippen LogP contribution is -2.31. The van der Waals surface area contributed by atoms with E-state index < -0.39 is 5.82 Å². The molecular weight excluding hydrogens is 397 g/mol. The smallest absolute Gasteiger partial charge is 0.271 e. The topological polar surface area (TPSA) is 82.5 Å². The lowest BCUT2D eigenvalue weighted by Gasteiger charge is -2.08. The number of fused-ring (bicyclic) bond motifs is 4. The van der Waals surface area contributed by atoms with Gasteiger partial charge in [0.15, 0.2) is 11.5 Å². The van der Waals surface area contributed by atoms with Crippen LogP contribution in [0, 0.1) is 5.82 Å². The fourth-order valence-electron chi connectivity index (χ4n) is 3.24. The molecule has 7 nitrogen and oxygen atoms in total. The highest BCUT2D eigenvalue weighted by Gasteiger charge is 2.16. The van der Waals surface area contributed by atoms with Gasteiger partial charge in [-0.25, -0.2) is 9.37 Å². The van der Waals surface area contributed by atoms with E-state index in [0.29, 0.717) is 31.8 Å². The van der Waals surface area contributed by atoms with Gasteiger partial charge in [0.1, 0.15) is 17.1 Å². The number of rotatable bonds is 4. The first-order chi connectivity index (χ1) is 14.1. The first-order valence-corrected chi connectivity index (χ1v) is 9.63. The molecule has 5 rings (SSSR count). The highest BCUT2D eigenvalue weighted by Crippen LogP contribution is 2.33. The molecule has 0 atom stereocenters.